The van der Waals surface area contributed by atoms with Gasteiger partial charge in [-0.3, -0.25) is 4.79 Å². The first-order valence-corrected chi connectivity index (χ1v) is 6.68. The first-order valence-electron chi connectivity index (χ1n) is 6.68. The fourth-order valence-corrected chi connectivity index (χ4v) is 1.78. The minimum atomic E-state index is -0.947. The Morgan fingerprint density at radius 3 is 2.45 bits per heavy atom. The Kier molecular flexibility index (Phi) is 6.73. The molecule has 0 saturated carbocycles. The van der Waals surface area contributed by atoms with E-state index in [9.17, 15) is 9.59 Å². The lowest BCUT2D eigenvalue weighted by Gasteiger charge is -2.17. The molecule has 1 N–H and O–H groups in total. The van der Waals surface area contributed by atoms with Gasteiger partial charge in [-0.2, -0.15) is 0 Å². The van der Waals surface area contributed by atoms with Crippen molar-refractivity contribution < 1.29 is 19.4 Å². The molecule has 0 spiro atoms. The van der Waals surface area contributed by atoms with E-state index in [0.29, 0.717) is 26.2 Å². The third kappa shape index (κ3) is 5.40. The largest absolute Gasteiger partial charge is 0.478 e. The smallest absolute Gasteiger partial charge is 0.335 e. The number of ether oxygens (including phenoxy) is 1. The van der Waals surface area contributed by atoms with Gasteiger partial charge >= 0.3 is 5.97 Å². The van der Waals surface area contributed by atoms with Crippen molar-refractivity contribution in [2.75, 3.05) is 20.3 Å². The van der Waals surface area contributed by atoms with Crippen LogP contribution in [0.15, 0.2) is 24.3 Å². The van der Waals surface area contributed by atoms with E-state index in [2.05, 4.69) is 0 Å². The standard InChI is InChI=1S/C15H21NO4/c1-3-20-10-4-5-14(17)16(2)11-12-6-8-13(9-7-12)15(18)19/h6-9H,3-5,10-11H2,1-2H3,(H,18,19). The van der Waals surface area contributed by atoms with Crippen LogP contribution in [0, 0.1) is 0 Å². The minimum Gasteiger partial charge on any atom is -0.478 e. The maximum Gasteiger partial charge on any atom is 0.335 e. The molecule has 1 aromatic carbocycles. The highest BCUT2D eigenvalue weighted by molar-refractivity contribution is 5.87. The number of carboxylic acids is 1. The fourth-order valence-electron chi connectivity index (χ4n) is 1.78. The molecule has 1 aromatic rings. The maximum atomic E-state index is 11.9. The summed E-state index contributed by atoms with van der Waals surface area (Å²) in [6, 6.07) is 6.55. The Balaban J connectivity index is 2.42. The lowest BCUT2D eigenvalue weighted by Crippen LogP contribution is -2.26. The summed E-state index contributed by atoms with van der Waals surface area (Å²) in [4.78, 5) is 24.2. The molecule has 0 heterocycles. The van der Waals surface area contributed by atoms with Gasteiger partial charge < -0.3 is 14.7 Å². The van der Waals surface area contributed by atoms with Crippen LogP contribution in [-0.2, 0) is 16.1 Å². The van der Waals surface area contributed by atoms with E-state index in [1.807, 2.05) is 6.92 Å². The molecule has 5 nitrogen and oxygen atoms in total. The van der Waals surface area contributed by atoms with E-state index in [-0.39, 0.29) is 11.5 Å². The second-order valence-electron chi connectivity index (χ2n) is 4.55. The summed E-state index contributed by atoms with van der Waals surface area (Å²) < 4.78 is 5.19. The number of amides is 1. The molecule has 0 atom stereocenters. The number of hydrogen-bond donors (Lipinski definition) is 1. The average Bonchev–Trinajstić information content (AvgIpc) is 2.44. The van der Waals surface area contributed by atoms with Crippen LogP contribution in [0.3, 0.4) is 0 Å². The van der Waals surface area contributed by atoms with Crippen molar-refractivity contribution in [3.63, 3.8) is 0 Å². The van der Waals surface area contributed by atoms with Gasteiger partial charge in [0.1, 0.15) is 0 Å². The number of carbonyl (C=O) groups is 2. The van der Waals surface area contributed by atoms with Crippen LogP contribution in [0.4, 0.5) is 0 Å². The van der Waals surface area contributed by atoms with Crippen molar-refractivity contribution in [2.45, 2.75) is 26.3 Å². The van der Waals surface area contributed by atoms with Crippen molar-refractivity contribution in [2.24, 2.45) is 0 Å². The molecule has 0 aromatic heterocycles. The van der Waals surface area contributed by atoms with Crippen LogP contribution in [0.1, 0.15) is 35.7 Å². The van der Waals surface area contributed by atoms with Gasteiger partial charge in [-0.05, 0) is 31.0 Å². The van der Waals surface area contributed by atoms with Crippen molar-refractivity contribution in [1.29, 1.82) is 0 Å². The Bertz CT molecular complexity index is 442. The molecule has 1 amide bonds. The zero-order chi connectivity index (χ0) is 15.0. The minimum absolute atomic E-state index is 0.0621. The van der Waals surface area contributed by atoms with E-state index < -0.39 is 5.97 Å². The van der Waals surface area contributed by atoms with E-state index in [0.717, 1.165) is 12.0 Å². The molecule has 0 unspecified atom stereocenters. The van der Waals surface area contributed by atoms with Gasteiger partial charge in [0.2, 0.25) is 5.91 Å². The number of carbonyl (C=O) groups excluding carboxylic acids is 1. The molecule has 5 heteroatoms. The van der Waals surface area contributed by atoms with Crippen LogP contribution in [0.2, 0.25) is 0 Å². The first kappa shape index (κ1) is 16.2. The monoisotopic (exact) mass is 279 g/mol. The van der Waals surface area contributed by atoms with Gasteiger partial charge in [0.25, 0.3) is 0 Å². The molecule has 0 saturated heterocycles. The highest BCUT2D eigenvalue weighted by Crippen LogP contribution is 2.08. The molecular weight excluding hydrogens is 258 g/mol. The van der Waals surface area contributed by atoms with Gasteiger partial charge in [0.15, 0.2) is 0 Å². The first-order chi connectivity index (χ1) is 9.54. The average molecular weight is 279 g/mol. The molecule has 110 valence electrons. The summed E-state index contributed by atoms with van der Waals surface area (Å²) in [5, 5.41) is 8.81. The SMILES string of the molecule is CCOCCCC(=O)N(C)Cc1ccc(C(=O)O)cc1. The van der Waals surface area contributed by atoms with E-state index in [1.165, 1.54) is 0 Å². The highest BCUT2D eigenvalue weighted by Gasteiger charge is 2.09. The molecule has 0 fully saturated rings. The number of carboxylic acid groups (broad SMARTS) is 1. The van der Waals surface area contributed by atoms with Crippen molar-refractivity contribution >= 4 is 11.9 Å². The number of rotatable bonds is 8. The molecule has 20 heavy (non-hydrogen) atoms. The third-order valence-electron chi connectivity index (χ3n) is 2.93. The quantitative estimate of drug-likeness (QED) is 0.740. The molecule has 0 aliphatic rings. The van der Waals surface area contributed by atoms with Gasteiger partial charge in [-0.25, -0.2) is 4.79 Å². The molecule has 0 aliphatic heterocycles. The second-order valence-corrected chi connectivity index (χ2v) is 4.55. The summed E-state index contributed by atoms with van der Waals surface area (Å²) in [5.74, 6) is -0.885. The topological polar surface area (TPSA) is 66.8 Å². The summed E-state index contributed by atoms with van der Waals surface area (Å²) in [7, 11) is 1.74. The zero-order valence-corrected chi connectivity index (χ0v) is 12.0. The Morgan fingerprint density at radius 1 is 1.25 bits per heavy atom. The van der Waals surface area contributed by atoms with Gasteiger partial charge in [-0.1, -0.05) is 12.1 Å². The number of aromatic carboxylic acids is 1. The lowest BCUT2D eigenvalue weighted by molar-refractivity contribution is -0.130. The van der Waals surface area contributed by atoms with E-state index >= 15 is 0 Å². The molecule has 0 radical (unpaired) electrons. The predicted octanol–water partition coefficient (Wildman–Crippen LogP) is 2.16. The van der Waals surface area contributed by atoms with Crippen LogP contribution in [0.5, 0.6) is 0 Å². The third-order valence-corrected chi connectivity index (χ3v) is 2.93. The van der Waals surface area contributed by atoms with Crippen LogP contribution < -0.4 is 0 Å². The Labute approximate surface area is 119 Å². The summed E-state index contributed by atoms with van der Waals surface area (Å²) in [6.07, 6.45) is 1.18. The van der Waals surface area contributed by atoms with Gasteiger partial charge in [0, 0.05) is 33.2 Å². The van der Waals surface area contributed by atoms with Crippen LogP contribution in [0.25, 0.3) is 0 Å². The van der Waals surface area contributed by atoms with E-state index in [4.69, 9.17) is 9.84 Å². The van der Waals surface area contributed by atoms with Gasteiger partial charge in [0.05, 0.1) is 5.56 Å². The number of benzene rings is 1. The fraction of sp³-hybridized carbons (Fsp3) is 0.467. The molecule has 1 rings (SSSR count). The molecular formula is C15H21NO4. The van der Waals surface area contributed by atoms with Crippen LogP contribution in [-0.4, -0.2) is 42.1 Å². The number of nitrogens with zero attached hydrogens (tertiary/aromatic N) is 1. The van der Waals surface area contributed by atoms with Crippen molar-refractivity contribution in [3.05, 3.63) is 35.4 Å². The highest BCUT2D eigenvalue weighted by atomic mass is 16.5. The maximum absolute atomic E-state index is 11.9. The summed E-state index contributed by atoms with van der Waals surface area (Å²) in [5.41, 5.74) is 1.16. The predicted molar refractivity (Wildman–Crippen MR) is 75.6 cm³/mol. The van der Waals surface area contributed by atoms with Crippen molar-refractivity contribution in [1.82, 2.24) is 4.90 Å². The lowest BCUT2D eigenvalue weighted by atomic mass is 10.1. The zero-order valence-electron chi connectivity index (χ0n) is 12.0. The Morgan fingerprint density at radius 2 is 1.90 bits per heavy atom. The van der Waals surface area contributed by atoms with Crippen LogP contribution >= 0.6 is 0 Å². The summed E-state index contributed by atoms with van der Waals surface area (Å²) in [6.45, 7) is 3.67. The summed E-state index contributed by atoms with van der Waals surface area (Å²) >= 11 is 0. The normalized spacial score (nSPS) is 10.3. The second kappa shape index (κ2) is 8.32. The Hall–Kier alpha value is -1.88. The van der Waals surface area contributed by atoms with Gasteiger partial charge in [-0.15, -0.1) is 0 Å². The molecule has 0 aliphatic carbocycles. The number of hydrogen-bond acceptors (Lipinski definition) is 3. The van der Waals surface area contributed by atoms with E-state index in [1.54, 1.807) is 36.2 Å². The molecule has 0 bridgehead atoms. The van der Waals surface area contributed by atoms with Crippen molar-refractivity contribution in [3.8, 4) is 0 Å².